The summed E-state index contributed by atoms with van der Waals surface area (Å²) in [5, 5.41) is 10.5. The first-order valence-corrected chi connectivity index (χ1v) is 6.08. The Bertz CT molecular complexity index is 603. The van der Waals surface area contributed by atoms with Crippen molar-refractivity contribution in [3.05, 3.63) is 35.5 Å². The molecule has 2 aromatic rings. The fourth-order valence-electron chi connectivity index (χ4n) is 1.73. The van der Waals surface area contributed by atoms with E-state index in [2.05, 4.69) is 15.6 Å². The highest BCUT2D eigenvalue weighted by Gasteiger charge is 2.18. The van der Waals surface area contributed by atoms with Crippen molar-refractivity contribution in [3.8, 4) is 5.69 Å². The third-order valence-corrected chi connectivity index (χ3v) is 2.59. The Morgan fingerprint density at radius 1 is 1.42 bits per heavy atom. The van der Waals surface area contributed by atoms with Gasteiger partial charge in [-0.1, -0.05) is 17.3 Å². The number of aromatic nitrogens is 3. The predicted molar refractivity (Wildman–Crippen MR) is 73.1 cm³/mol. The summed E-state index contributed by atoms with van der Waals surface area (Å²) in [7, 11) is 0. The zero-order valence-corrected chi connectivity index (χ0v) is 11.2. The summed E-state index contributed by atoms with van der Waals surface area (Å²) in [6.45, 7) is 5.72. The number of nitrogens with two attached hydrogens (primary N) is 1. The van der Waals surface area contributed by atoms with Crippen LogP contribution < -0.4 is 11.1 Å². The van der Waals surface area contributed by atoms with Crippen molar-refractivity contribution in [2.24, 2.45) is 0 Å². The maximum Gasteiger partial charge on any atom is 0.275 e. The molecule has 1 amide bonds. The molecule has 3 N–H and O–H groups in total. The van der Waals surface area contributed by atoms with Crippen LogP contribution in [0, 0.1) is 6.92 Å². The number of nitrogens with zero attached hydrogens (tertiary/aromatic N) is 3. The summed E-state index contributed by atoms with van der Waals surface area (Å²) in [6.07, 6.45) is 0. The van der Waals surface area contributed by atoms with Gasteiger partial charge >= 0.3 is 0 Å². The van der Waals surface area contributed by atoms with Gasteiger partial charge in [0.15, 0.2) is 11.5 Å². The molecule has 6 heteroatoms. The van der Waals surface area contributed by atoms with Crippen LogP contribution in [-0.4, -0.2) is 26.9 Å². The van der Waals surface area contributed by atoms with Crippen LogP contribution in [0.4, 0.5) is 5.82 Å². The van der Waals surface area contributed by atoms with Crippen LogP contribution in [-0.2, 0) is 0 Å². The molecule has 0 unspecified atom stereocenters. The van der Waals surface area contributed by atoms with Gasteiger partial charge in [0, 0.05) is 6.04 Å². The van der Waals surface area contributed by atoms with E-state index in [1.54, 1.807) is 0 Å². The molecule has 6 nitrogen and oxygen atoms in total. The smallest absolute Gasteiger partial charge is 0.275 e. The minimum Gasteiger partial charge on any atom is -0.382 e. The lowest BCUT2D eigenvalue weighted by atomic mass is 10.2. The largest absolute Gasteiger partial charge is 0.382 e. The third kappa shape index (κ3) is 2.73. The number of amides is 1. The van der Waals surface area contributed by atoms with Crippen LogP contribution in [0.3, 0.4) is 0 Å². The SMILES string of the molecule is Cc1cccc(-n2nnc(C(=O)NC(C)C)c2N)c1. The summed E-state index contributed by atoms with van der Waals surface area (Å²) in [6, 6.07) is 7.69. The van der Waals surface area contributed by atoms with E-state index in [9.17, 15) is 4.79 Å². The van der Waals surface area contributed by atoms with Gasteiger partial charge in [-0.25, -0.2) is 0 Å². The van der Waals surface area contributed by atoms with Gasteiger partial charge in [-0.3, -0.25) is 4.79 Å². The van der Waals surface area contributed by atoms with Crippen molar-refractivity contribution >= 4 is 11.7 Å². The molecular formula is C13H17N5O. The predicted octanol–water partition coefficient (Wildman–Crippen LogP) is 1.30. The van der Waals surface area contributed by atoms with Gasteiger partial charge in [0.25, 0.3) is 5.91 Å². The second kappa shape index (κ2) is 5.09. The molecule has 2 rings (SSSR count). The first kappa shape index (κ1) is 13.1. The van der Waals surface area contributed by atoms with E-state index in [1.165, 1.54) is 4.68 Å². The highest BCUT2D eigenvalue weighted by Crippen LogP contribution is 2.16. The lowest BCUT2D eigenvalue weighted by Crippen LogP contribution is -2.31. The van der Waals surface area contributed by atoms with Crippen molar-refractivity contribution in [2.75, 3.05) is 5.73 Å². The number of anilines is 1. The van der Waals surface area contributed by atoms with Crippen LogP contribution in [0.2, 0.25) is 0 Å². The quantitative estimate of drug-likeness (QED) is 0.869. The molecule has 0 radical (unpaired) electrons. The summed E-state index contributed by atoms with van der Waals surface area (Å²) >= 11 is 0. The molecule has 100 valence electrons. The van der Waals surface area contributed by atoms with E-state index < -0.39 is 0 Å². The number of carbonyl (C=O) groups excluding carboxylic acids is 1. The average molecular weight is 259 g/mol. The van der Waals surface area contributed by atoms with Gasteiger partial charge in [0.05, 0.1) is 5.69 Å². The second-order valence-electron chi connectivity index (χ2n) is 4.70. The number of benzene rings is 1. The summed E-state index contributed by atoms with van der Waals surface area (Å²) < 4.78 is 1.46. The minimum atomic E-state index is -0.314. The maximum absolute atomic E-state index is 11.9. The molecule has 0 aliphatic heterocycles. The number of hydrogen-bond acceptors (Lipinski definition) is 4. The lowest BCUT2D eigenvalue weighted by molar-refractivity contribution is 0.0939. The molecule has 0 aliphatic rings. The number of hydrogen-bond donors (Lipinski definition) is 2. The second-order valence-corrected chi connectivity index (χ2v) is 4.70. The molecular weight excluding hydrogens is 242 g/mol. The van der Waals surface area contributed by atoms with Gasteiger partial charge in [0.2, 0.25) is 0 Å². The molecule has 0 spiro atoms. The molecule has 19 heavy (non-hydrogen) atoms. The topological polar surface area (TPSA) is 85.8 Å². The van der Waals surface area contributed by atoms with E-state index in [4.69, 9.17) is 5.73 Å². The van der Waals surface area contributed by atoms with Gasteiger partial charge in [-0.2, -0.15) is 4.68 Å². The molecule has 1 aromatic carbocycles. The van der Waals surface area contributed by atoms with Crippen molar-refractivity contribution in [2.45, 2.75) is 26.8 Å². The lowest BCUT2D eigenvalue weighted by Gasteiger charge is -2.07. The first-order valence-electron chi connectivity index (χ1n) is 6.08. The maximum atomic E-state index is 11.9. The van der Waals surface area contributed by atoms with Crippen LogP contribution >= 0.6 is 0 Å². The van der Waals surface area contributed by atoms with Crippen molar-refractivity contribution in [1.29, 1.82) is 0 Å². The van der Waals surface area contributed by atoms with E-state index >= 15 is 0 Å². The summed E-state index contributed by atoms with van der Waals surface area (Å²) in [5.74, 6) is -0.0739. The molecule has 0 saturated carbocycles. The number of rotatable bonds is 3. The highest BCUT2D eigenvalue weighted by atomic mass is 16.2. The molecule has 1 heterocycles. The van der Waals surface area contributed by atoms with Crippen LogP contribution in [0.25, 0.3) is 5.69 Å². The fourth-order valence-corrected chi connectivity index (χ4v) is 1.73. The van der Waals surface area contributed by atoms with E-state index in [0.717, 1.165) is 11.3 Å². The number of nitrogens with one attached hydrogen (secondary N) is 1. The van der Waals surface area contributed by atoms with Crippen LogP contribution in [0.1, 0.15) is 29.9 Å². The summed E-state index contributed by atoms with van der Waals surface area (Å²) in [5.41, 5.74) is 7.96. The van der Waals surface area contributed by atoms with E-state index in [-0.39, 0.29) is 23.5 Å². The van der Waals surface area contributed by atoms with Gasteiger partial charge in [0.1, 0.15) is 0 Å². The van der Waals surface area contributed by atoms with Gasteiger partial charge in [-0.15, -0.1) is 5.10 Å². The Labute approximate surface area is 111 Å². The van der Waals surface area contributed by atoms with Gasteiger partial charge in [-0.05, 0) is 38.5 Å². The molecule has 0 aliphatic carbocycles. The Hall–Kier alpha value is -2.37. The Morgan fingerprint density at radius 3 is 2.79 bits per heavy atom. The Kier molecular flexibility index (Phi) is 3.50. The van der Waals surface area contributed by atoms with Crippen LogP contribution in [0.15, 0.2) is 24.3 Å². The number of nitrogen functional groups attached to an aromatic ring is 1. The monoisotopic (exact) mass is 259 g/mol. The Morgan fingerprint density at radius 2 is 2.16 bits per heavy atom. The third-order valence-electron chi connectivity index (χ3n) is 2.59. The van der Waals surface area contributed by atoms with Crippen LogP contribution in [0.5, 0.6) is 0 Å². The van der Waals surface area contributed by atoms with Crippen molar-refractivity contribution in [3.63, 3.8) is 0 Å². The average Bonchev–Trinajstić information content (AvgIpc) is 2.70. The zero-order valence-electron chi connectivity index (χ0n) is 11.2. The highest BCUT2D eigenvalue weighted by molar-refractivity contribution is 5.96. The molecule has 0 atom stereocenters. The molecule has 0 bridgehead atoms. The number of carbonyl (C=O) groups is 1. The van der Waals surface area contributed by atoms with Crippen molar-refractivity contribution in [1.82, 2.24) is 20.3 Å². The fraction of sp³-hybridized carbons (Fsp3) is 0.308. The Balaban J connectivity index is 2.35. The molecule has 1 aromatic heterocycles. The van der Waals surface area contributed by atoms with Crippen molar-refractivity contribution < 1.29 is 4.79 Å². The molecule has 0 saturated heterocycles. The van der Waals surface area contributed by atoms with E-state index in [0.29, 0.717) is 0 Å². The normalized spacial score (nSPS) is 10.7. The first-order chi connectivity index (χ1) is 8.99. The van der Waals surface area contributed by atoms with Gasteiger partial charge < -0.3 is 11.1 Å². The minimum absolute atomic E-state index is 0.0241. The summed E-state index contributed by atoms with van der Waals surface area (Å²) in [4.78, 5) is 11.9. The zero-order chi connectivity index (χ0) is 14.0. The standard InChI is InChI=1S/C13H17N5O/c1-8(2)15-13(19)11-12(14)18(17-16-11)10-6-4-5-9(3)7-10/h4-8H,14H2,1-3H3,(H,15,19). The molecule has 0 fully saturated rings. The van der Waals surface area contributed by atoms with E-state index in [1.807, 2.05) is 45.0 Å². The number of aryl methyl sites for hydroxylation is 1.